The smallest absolute Gasteiger partial charge is 0.475 e. The van der Waals surface area contributed by atoms with Crippen LogP contribution in [-0.4, -0.2) is 50.6 Å². The average Bonchev–Trinajstić information content (AvgIpc) is 3.05. The summed E-state index contributed by atoms with van der Waals surface area (Å²) in [5.74, 6) is -2.72. The van der Waals surface area contributed by atoms with Crippen molar-refractivity contribution in [3.05, 3.63) is 30.1 Å². The number of carbonyl (C=O) groups is 2. The van der Waals surface area contributed by atoms with Crippen LogP contribution in [0.1, 0.15) is 12.1 Å². The number of carboxylic acid groups (broad SMARTS) is 1. The van der Waals surface area contributed by atoms with E-state index in [0.29, 0.717) is 6.54 Å². The van der Waals surface area contributed by atoms with Gasteiger partial charge < -0.3 is 20.7 Å². The van der Waals surface area contributed by atoms with Gasteiger partial charge in [0.05, 0.1) is 23.6 Å². The highest BCUT2D eigenvalue weighted by molar-refractivity contribution is 5.84. The molecule has 2 aromatic heterocycles. The van der Waals surface area contributed by atoms with E-state index in [1.54, 1.807) is 11.1 Å². The number of carbonyl (C=O) groups excluding carboxylic acids is 1. The van der Waals surface area contributed by atoms with Gasteiger partial charge in [0.25, 0.3) is 0 Å². The molecule has 1 aliphatic heterocycles. The van der Waals surface area contributed by atoms with Crippen LogP contribution in [0, 0.1) is 0 Å². The second-order valence-electron chi connectivity index (χ2n) is 5.19. The lowest BCUT2D eigenvalue weighted by molar-refractivity contribution is -0.192. The molecule has 10 heteroatoms. The summed E-state index contributed by atoms with van der Waals surface area (Å²) >= 11 is 0. The molecule has 0 saturated carbocycles. The fourth-order valence-corrected chi connectivity index (χ4v) is 2.22. The summed E-state index contributed by atoms with van der Waals surface area (Å²) in [5, 5.41) is 7.12. The summed E-state index contributed by atoms with van der Waals surface area (Å²) in [6.07, 6.45) is -2.58. The molecule has 3 rings (SSSR count). The number of pyridine rings is 1. The number of rotatable bonds is 2. The van der Waals surface area contributed by atoms with Crippen LogP contribution in [0.2, 0.25) is 0 Å². The fraction of sp³-hybridized carbons (Fsp3) is 0.357. The molecule has 7 nitrogen and oxygen atoms in total. The SMILES string of the molecule is N[C@H]1CCN(Cc2cc3ncccc3[nH]2)C1=O.O=C(O)C(F)(F)F. The molecule has 1 aliphatic rings. The Bertz CT molecular complexity index is 711. The van der Waals surface area contributed by atoms with Gasteiger partial charge in [-0.05, 0) is 24.6 Å². The van der Waals surface area contributed by atoms with Crippen molar-refractivity contribution in [3.8, 4) is 0 Å². The number of hydrogen-bond acceptors (Lipinski definition) is 4. The first-order valence-electron chi connectivity index (χ1n) is 6.95. The maximum absolute atomic E-state index is 11.7. The van der Waals surface area contributed by atoms with Crippen molar-refractivity contribution in [2.24, 2.45) is 5.73 Å². The van der Waals surface area contributed by atoms with E-state index >= 15 is 0 Å². The van der Waals surface area contributed by atoms with Gasteiger partial charge in [-0.15, -0.1) is 0 Å². The second-order valence-corrected chi connectivity index (χ2v) is 5.19. The van der Waals surface area contributed by atoms with Crippen LogP contribution in [-0.2, 0) is 16.1 Å². The van der Waals surface area contributed by atoms with Gasteiger partial charge in [-0.1, -0.05) is 0 Å². The Morgan fingerprint density at radius 1 is 1.50 bits per heavy atom. The van der Waals surface area contributed by atoms with E-state index in [9.17, 15) is 18.0 Å². The van der Waals surface area contributed by atoms with Gasteiger partial charge >= 0.3 is 12.1 Å². The van der Waals surface area contributed by atoms with Crippen molar-refractivity contribution in [3.63, 3.8) is 0 Å². The van der Waals surface area contributed by atoms with E-state index in [-0.39, 0.29) is 11.9 Å². The van der Waals surface area contributed by atoms with Crippen LogP contribution >= 0.6 is 0 Å². The minimum atomic E-state index is -5.08. The third-order valence-corrected chi connectivity index (χ3v) is 3.39. The minimum Gasteiger partial charge on any atom is -0.475 e. The Balaban J connectivity index is 0.000000256. The van der Waals surface area contributed by atoms with Crippen molar-refractivity contribution in [1.82, 2.24) is 14.9 Å². The van der Waals surface area contributed by atoms with Gasteiger partial charge in [0, 0.05) is 18.4 Å². The van der Waals surface area contributed by atoms with Gasteiger partial charge in [0.1, 0.15) is 0 Å². The number of carboxylic acids is 1. The highest BCUT2D eigenvalue weighted by Gasteiger charge is 2.38. The van der Waals surface area contributed by atoms with E-state index in [1.807, 2.05) is 18.2 Å². The van der Waals surface area contributed by atoms with Gasteiger partial charge in [0.15, 0.2) is 0 Å². The first-order chi connectivity index (χ1) is 11.2. The molecule has 0 spiro atoms. The first-order valence-corrected chi connectivity index (χ1v) is 6.95. The quantitative estimate of drug-likeness (QED) is 0.759. The number of halogens is 3. The molecule has 0 radical (unpaired) electrons. The zero-order valence-corrected chi connectivity index (χ0v) is 12.4. The van der Waals surface area contributed by atoms with E-state index < -0.39 is 12.1 Å². The molecule has 0 aliphatic carbocycles. The highest BCUT2D eigenvalue weighted by atomic mass is 19.4. The maximum Gasteiger partial charge on any atom is 0.490 e. The molecule has 1 amide bonds. The van der Waals surface area contributed by atoms with Crippen molar-refractivity contribution >= 4 is 22.9 Å². The summed E-state index contributed by atoms with van der Waals surface area (Å²) in [7, 11) is 0. The van der Waals surface area contributed by atoms with Crippen LogP contribution in [0.3, 0.4) is 0 Å². The fourth-order valence-electron chi connectivity index (χ4n) is 2.22. The lowest BCUT2D eigenvalue weighted by Crippen LogP contribution is -2.33. The number of amides is 1. The number of aliphatic carboxylic acids is 1. The van der Waals surface area contributed by atoms with Gasteiger partial charge in [-0.3, -0.25) is 9.78 Å². The topological polar surface area (TPSA) is 112 Å². The number of likely N-dealkylation sites (tertiary alicyclic amines) is 1. The molecule has 1 atom stereocenters. The highest BCUT2D eigenvalue weighted by Crippen LogP contribution is 2.17. The number of nitrogens with two attached hydrogens (primary N) is 1. The van der Waals surface area contributed by atoms with E-state index in [4.69, 9.17) is 15.6 Å². The first kappa shape index (κ1) is 17.7. The van der Waals surface area contributed by atoms with Gasteiger partial charge in [-0.25, -0.2) is 4.79 Å². The van der Waals surface area contributed by atoms with E-state index in [0.717, 1.165) is 29.7 Å². The Labute approximate surface area is 134 Å². The summed E-state index contributed by atoms with van der Waals surface area (Å²) in [6.45, 7) is 1.33. The predicted octanol–water partition coefficient (Wildman–Crippen LogP) is 1.26. The van der Waals surface area contributed by atoms with Gasteiger partial charge in [0.2, 0.25) is 5.91 Å². The average molecular weight is 344 g/mol. The third-order valence-electron chi connectivity index (χ3n) is 3.39. The lowest BCUT2D eigenvalue weighted by atomic mass is 10.3. The summed E-state index contributed by atoms with van der Waals surface area (Å²) < 4.78 is 31.7. The van der Waals surface area contributed by atoms with Crippen molar-refractivity contribution in [1.29, 1.82) is 0 Å². The number of alkyl halides is 3. The van der Waals surface area contributed by atoms with Crippen molar-refractivity contribution in [2.75, 3.05) is 6.54 Å². The molecule has 3 heterocycles. The standard InChI is InChI=1S/C12H14N4O.C2HF3O2/c13-9-3-5-16(12(9)17)7-8-6-11-10(15-8)2-1-4-14-11;3-2(4,5)1(6)7/h1-2,4,6,9,15H,3,5,7,13H2;(H,6,7)/t9-;/m0./s1. The molecule has 130 valence electrons. The van der Waals surface area contributed by atoms with Crippen molar-refractivity contribution in [2.45, 2.75) is 25.2 Å². The number of fused-ring (bicyclic) bond motifs is 1. The summed E-state index contributed by atoms with van der Waals surface area (Å²) in [6, 6.07) is 5.52. The molecule has 1 saturated heterocycles. The van der Waals surface area contributed by atoms with Crippen LogP contribution in [0.5, 0.6) is 0 Å². The van der Waals surface area contributed by atoms with Crippen molar-refractivity contribution < 1.29 is 27.9 Å². The number of nitrogens with one attached hydrogen (secondary N) is 1. The monoisotopic (exact) mass is 344 g/mol. The predicted molar refractivity (Wildman–Crippen MR) is 77.8 cm³/mol. The number of hydrogen-bond donors (Lipinski definition) is 3. The maximum atomic E-state index is 11.7. The number of aromatic nitrogens is 2. The number of H-pyrrole nitrogens is 1. The van der Waals surface area contributed by atoms with Crippen LogP contribution in [0.25, 0.3) is 11.0 Å². The zero-order chi connectivity index (χ0) is 17.9. The Morgan fingerprint density at radius 2 is 2.17 bits per heavy atom. The number of aromatic amines is 1. The summed E-state index contributed by atoms with van der Waals surface area (Å²) in [4.78, 5) is 29.9. The lowest BCUT2D eigenvalue weighted by Gasteiger charge is -2.14. The molecule has 0 bridgehead atoms. The normalized spacial score (nSPS) is 17.8. The van der Waals surface area contributed by atoms with E-state index in [2.05, 4.69) is 9.97 Å². The molecule has 0 aromatic carbocycles. The Morgan fingerprint density at radius 3 is 2.67 bits per heavy atom. The molecular weight excluding hydrogens is 329 g/mol. The van der Waals surface area contributed by atoms with Crippen LogP contribution < -0.4 is 5.73 Å². The second kappa shape index (κ2) is 6.87. The molecule has 1 fully saturated rings. The molecular formula is C14H15F3N4O3. The molecule has 2 aromatic rings. The van der Waals surface area contributed by atoms with Crippen LogP contribution in [0.15, 0.2) is 24.4 Å². The molecule has 0 unspecified atom stereocenters. The molecule has 4 N–H and O–H groups in total. The summed E-state index contributed by atoms with van der Waals surface area (Å²) in [5.41, 5.74) is 8.61. The minimum absolute atomic E-state index is 0.0385. The Kier molecular flexibility index (Phi) is 5.07. The zero-order valence-electron chi connectivity index (χ0n) is 12.4. The largest absolute Gasteiger partial charge is 0.490 e. The van der Waals surface area contributed by atoms with E-state index in [1.165, 1.54) is 0 Å². The molecule has 24 heavy (non-hydrogen) atoms. The third kappa shape index (κ3) is 4.22. The van der Waals surface area contributed by atoms with Gasteiger partial charge in [-0.2, -0.15) is 13.2 Å². The number of nitrogens with zero attached hydrogens (tertiary/aromatic N) is 2. The Hall–Kier alpha value is -2.62. The van der Waals surface area contributed by atoms with Crippen LogP contribution in [0.4, 0.5) is 13.2 Å².